The Labute approximate surface area is 133 Å². The molecule has 0 saturated carbocycles. The Kier molecular flexibility index (Phi) is 3.42. The Hall–Kier alpha value is -2.89. The van der Waals surface area contributed by atoms with Crippen molar-refractivity contribution in [1.82, 2.24) is 20.1 Å². The molecule has 1 fully saturated rings. The van der Waals surface area contributed by atoms with Crippen molar-refractivity contribution in [3.8, 4) is 5.88 Å². The highest BCUT2D eigenvalue weighted by molar-refractivity contribution is 6.04. The molecule has 6 nitrogen and oxygen atoms in total. The maximum absolute atomic E-state index is 12.7. The maximum Gasteiger partial charge on any atom is 0.275 e. The molecular weight excluding hydrogens is 292 g/mol. The molecule has 23 heavy (non-hydrogen) atoms. The van der Waals surface area contributed by atoms with E-state index in [0.717, 1.165) is 17.3 Å². The summed E-state index contributed by atoms with van der Waals surface area (Å²) in [6.07, 6.45) is 2.47. The number of hydrogen-bond donors (Lipinski definition) is 1. The largest absolute Gasteiger partial charge is 0.472 e. The smallest absolute Gasteiger partial charge is 0.275 e. The molecule has 1 aliphatic rings. The number of pyridine rings is 1. The summed E-state index contributed by atoms with van der Waals surface area (Å²) >= 11 is 0. The third-order valence-corrected chi connectivity index (χ3v) is 4.03. The quantitative estimate of drug-likeness (QED) is 0.805. The molecule has 116 valence electrons. The van der Waals surface area contributed by atoms with Crippen molar-refractivity contribution in [2.24, 2.45) is 0 Å². The fraction of sp³-hybridized carbons (Fsp3) is 0.235. The molecule has 0 spiro atoms. The van der Waals surface area contributed by atoms with Crippen LogP contribution in [0.2, 0.25) is 0 Å². The number of nitrogens with one attached hydrogen (secondary N) is 1. The molecule has 2 aromatic heterocycles. The molecule has 1 N–H and O–H groups in total. The van der Waals surface area contributed by atoms with E-state index in [-0.39, 0.29) is 12.0 Å². The molecule has 1 amide bonds. The van der Waals surface area contributed by atoms with Crippen LogP contribution < -0.4 is 4.74 Å². The number of H-pyrrole nitrogens is 1. The molecule has 3 heterocycles. The molecule has 1 aromatic carbocycles. The fourth-order valence-electron chi connectivity index (χ4n) is 2.87. The van der Waals surface area contributed by atoms with Gasteiger partial charge in [-0.1, -0.05) is 24.3 Å². The molecule has 1 atom stereocenters. The lowest BCUT2D eigenvalue weighted by Gasteiger charge is -2.16. The standard InChI is InChI=1S/C17H16N4O2/c22-17(16-13-5-1-2-6-14(13)19-20-16)21-10-8-12(11-21)23-15-7-3-4-9-18-15/h1-7,9,12H,8,10-11H2,(H,19,20). The van der Waals surface area contributed by atoms with Crippen molar-refractivity contribution < 1.29 is 9.53 Å². The number of hydrogen-bond acceptors (Lipinski definition) is 4. The average molecular weight is 308 g/mol. The predicted molar refractivity (Wildman–Crippen MR) is 85.3 cm³/mol. The maximum atomic E-state index is 12.7. The van der Waals surface area contributed by atoms with Crippen LogP contribution in [0.1, 0.15) is 16.9 Å². The lowest BCUT2D eigenvalue weighted by molar-refractivity contribution is 0.0767. The summed E-state index contributed by atoms with van der Waals surface area (Å²) in [6.45, 7) is 1.22. The molecule has 4 rings (SSSR count). The zero-order chi connectivity index (χ0) is 15.6. The van der Waals surface area contributed by atoms with Crippen molar-refractivity contribution in [3.05, 3.63) is 54.4 Å². The number of para-hydroxylation sites is 1. The second-order valence-corrected chi connectivity index (χ2v) is 5.57. The summed E-state index contributed by atoms with van der Waals surface area (Å²) in [7, 11) is 0. The van der Waals surface area contributed by atoms with E-state index in [9.17, 15) is 4.79 Å². The van der Waals surface area contributed by atoms with Crippen LogP contribution in [0.15, 0.2) is 48.7 Å². The van der Waals surface area contributed by atoms with Crippen LogP contribution in [-0.4, -0.2) is 45.2 Å². The fourth-order valence-corrected chi connectivity index (χ4v) is 2.87. The van der Waals surface area contributed by atoms with Gasteiger partial charge in [0.25, 0.3) is 5.91 Å². The van der Waals surface area contributed by atoms with Gasteiger partial charge < -0.3 is 9.64 Å². The number of fused-ring (bicyclic) bond motifs is 1. The van der Waals surface area contributed by atoms with E-state index in [1.807, 2.05) is 42.5 Å². The number of amides is 1. The van der Waals surface area contributed by atoms with Gasteiger partial charge in [0, 0.05) is 30.6 Å². The minimum absolute atomic E-state index is 0.0287. The Bertz CT molecular complexity index is 831. The monoisotopic (exact) mass is 308 g/mol. The number of aromatic nitrogens is 3. The van der Waals surface area contributed by atoms with E-state index in [4.69, 9.17) is 4.74 Å². The summed E-state index contributed by atoms with van der Waals surface area (Å²) < 4.78 is 5.83. The van der Waals surface area contributed by atoms with Crippen LogP contribution in [0, 0.1) is 0 Å². The second kappa shape index (κ2) is 5.72. The van der Waals surface area contributed by atoms with E-state index in [0.29, 0.717) is 24.7 Å². The van der Waals surface area contributed by atoms with Gasteiger partial charge in [-0.3, -0.25) is 9.89 Å². The number of likely N-dealkylation sites (tertiary alicyclic amines) is 1. The van der Waals surface area contributed by atoms with Gasteiger partial charge in [-0.2, -0.15) is 5.10 Å². The topological polar surface area (TPSA) is 71.1 Å². The summed E-state index contributed by atoms with van der Waals surface area (Å²) in [4.78, 5) is 18.6. The Morgan fingerprint density at radius 1 is 1.22 bits per heavy atom. The number of benzene rings is 1. The van der Waals surface area contributed by atoms with Gasteiger partial charge in [0.15, 0.2) is 5.69 Å². The van der Waals surface area contributed by atoms with Crippen LogP contribution in [-0.2, 0) is 0 Å². The molecule has 1 saturated heterocycles. The minimum Gasteiger partial charge on any atom is -0.472 e. The van der Waals surface area contributed by atoms with E-state index in [1.54, 1.807) is 11.1 Å². The molecule has 3 aromatic rings. The summed E-state index contributed by atoms with van der Waals surface area (Å²) in [5, 5.41) is 7.94. The van der Waals surface area contributed by atoms with Crippen LogP contribution >= 0.6 is 0 Å². The van der Waals surface area contributed by atoms with Crippen LogP contribution in [0.25, 0.3) is 10.9 Å². The summed E-state index contributed by atoms with van der Waals surface area (Å²) in [5.41, 5.74) is 1.34. The van der Waals surface area contributed by atoms with E-state index >= 15 is 0 Å². The SMILES string of the molecule is O=C(c1n[nH]c2ccccc12)N1CCC(Oc2ccccn2)C1. The first-order chi connectivity index (χ1) is 11.3. The van der Waals surface area contributed by atoms with E-state index < -0.39 is 0 Å². The Morgan fingerprint density at radius 3 is 2.96 bits per heavy atom. The highest BCUT2D eigenvalue weighted by Crippen LogP contribution is 2.21. The molecule has 0 radical (unpaired) electrons. The lowest BCUT2D eigenvalue weighted by Crippen LogP contribution is -2.31. The van der Waals surface area contributed by atoms with Crippen LogP contribution in [0.5, 0.6) is 5.88 Å². The van der Waals surface area contributed by atoms with E-state index in [2.05, 4.69) is 15.2 Å². The highest BCUT2D eigenvalue weighted by atomic mass is 16.5. The van der Waals surface area contributed by atoms with Gasteiger partial charge in [-0.05, 0) is 12.1 Å². The van der Waals surface area contributed by atoms with Crippen molar-refractivity contribution >= 4 is 16.8 Å². The van der Waals surface area contributed by atoms with Crippen molar-refractivity contribution in [1.29, 1.82) is 0 Å². The number of carbonyl (C=O) groups is 1. The van der Waals surface area contributed by atoms with Crippen molar-refractivity contribution in [2.75, 3.05) is 13.1 Å². The molecular formula is C17H16N4O2. The lowest BCUT2D eigenvalue weighted by atomic mass is 10.2. The first-order valence-electron chi connectivity index (χ1n) is 7.61. The molecule has 1 unspecified atom stereocenters. The zero-order valence-electron chi connectivity index (χ0n) is 12.5. The highest BCUT2D eigenvalue weighted by Gasteiger charge is 2.30. The van der Waals surface area contributed by atoms with E-state index in [1.165, 1.54) is 0 Å². The Balaban J connectivity index is 1.48. The first-order valence-corrected chi connectivity index (χ1v) is 7.61. The molecule has 6 heteroatoms. The van der Waals surface area contributed by atoms with Gasteiger partial charge in [0.1, 0.15) is 6.10 Å². The number of rotatable bonds is 3. The average Bonchev–Trinajstić information content (AvgIpc) is 3.22. The number of aromatic amines is 1. The molecule has 0 bridgehead atoms. The van der Waals surface area contributed by atoms with Crippen LogP contribution in [0.4, 0.5) is 0 Å². The van der Waals surface area contributed by atoms with Crippen LogP contribution in [0.3, 0.4) is 0 Å². The van der Waals surface area contributed by atoms with Gasteiger partial charge in [-0.15, -0.1) is 0 Å². The second-order valence-electron chi connectivity index (χ2n) is 5.57. The third kappa shape index (κ3) is 2.63. The summed E-state index contributed by atoms with van der Waals surface area (Å²) in [5.74, 6) is 0.534. The normalized spacial score (nSPS) is 17.6. The number of carbonyl (C=O) groups excluding carboxylic acids is 1. The molecule has 1 aliphatic heterocycles. The van der Waals surface area contributed by atoms with Gasteiger partial charge >= 0.3 is 0 Å². The minimum atomic E-state index is -0.0606. The number of nitrogens with zero attached hydrogens (tertiary/aromatic N) is 3. The Morgan fingerprint density at radius 2 is 2.09 bits per heavy atom. The van der Waals surface area contributed by atoms with Gasteiger partial charge in [0.2, 0.25) is 5.88 Å². The number of ether oxygens (including phenoxy) is 1. The molecule has 0 aliphatic carbocycles. The third-order valence-electron chi connectivity index (χ3n) is 4.03. The van der Waals surface area contributed by atoms with Gasteiger partial charge in [0.05, 0.1) is 12.1 Å². The van der Waals surface area contributed by atoms with Crippen molar-refractivity contribution in [2.45, 2.75) is 12.5 Å². The van der Waals surface area contributed by atoms with Gasteiger partial charge in [-0.25, -0.2) is 4.98 Å². The predicted octanol–water partition coefficient (Wildman–Crippen LogP) is 2.25. The first kappa shape index (κ1) is 13.8. The van der Waals surface area contributed by atoms with Crippen molar-refractivity contribution in [3.63, 3.8) is 0 Å². The zero-order valence-corrected chi connectivity index (χ0v) is 12.5. The summed E-state index contributed by atoms with van der Waals surface area (Å²) in [6, 6.07) is 13.2.